The standard InChI is InChI=1S/C12H10FN3O/c13-9-5-11-10(15-12(17)16-11)4-8(9)7-2-1-3-14-6-7/h1-5,7H,6H2,(H2,15,16,17). The van der Waals surface area contributed by atoms with Crippen LogP contribution in [0.4, 0.5) is 4.39 Å². The topological polar surface area (TPSA) is 61.0 Å². The van der Waals surface area contributed by atoms with Crippen molar-refractivity contribution in [1.29, 1.82) is 0 Å². The number of benzene rings is 1. The van der Waals surface area contributed by atoms with Gasteiger partial charge in [-0.1, -0.05) is 6.08 Å². The van der Waals surface area contributed by atoms with E-state index >= 15 is 0 Å². The summed E-state index contributed by atoms with van der Waals surface area (Å²) in [4.78, 5) is 20.4. The number of nitrogens with one attached hydrogen (secondary N) is 2. The minimum Gasteiger partial charge on any atom is -0.306 e. The SMILES string of the molecule is O=c1[nH]c2cc(F)c(C3C=CC=NC3)cc2[nH]1. The molecule has 0 amide bonds. The summed E-state index contributed by atoms with van der Waals surface area (Å²) in [6.07, 6.45) is 5.41. The molecule has 0 radical (unpaired) electrons. The number of H-pyrrole nitrogens is 2. The molecule has 0 bridgehead atoms. The molecule has 1 aliphatic rings. The van der Waals surface area contributed by atoms with Crippen molar-refractivity contribution in [3.63, 3.8) is 0 Å². The van der Waals surface area contributed by atoms with Crippen molar-refractivity contribution in [1.82, 2.24) is 9.97 Å². The fraction of sp³-hybridized carbons (Fsp3) is 0.167. The molecule has 2 N–H and O–H groups in total. The summed E-state index contributed by atoms with van der Waals surface area (Å²) in [6, 6.07) is 3.01. The number of allylic oxidation sites excluding steroid dienone is 1. The highest BCUT2D eigenvalue weighted by atomic mass is 19.1. The molecule has 3 rings (SSSR count). The molecule has 2 heterocycles. The molecular formula is C12H10FN3O. The van der Waals surface area contributed by atoms with E-state index in [0.29, 0.717) is 23.1 Å². The Labute approximate surface area is 95.9 Å². The van der Waals surface area contributed by atoms with Crippen molar-refractivity contribution in [2.24, 2.45) is 4.99 Å². The van der Waals surface area contributed by atoms with E-state index in [1.807, 2.05) is 6.08 Å². The number of rotatable bonds is 1. The van der Waals surface area contributed by atoms with Gasteiger partial charge in [0.2, 0.25) is 0 Å². The highest BCUT2D eigenvalue weighted by Gasteiger charge is 2.15. The zero-order valence-corrected chi connectivity index (χ0v) is 8.90. The van der Waals surface area contributed by atoms with Crippen LogP contribution in [0.5, 0.6) is 0 Å². The second-order valence-electron chi connectivity index (χ2n) is 4.00. The Morgan fingerprint density at radius 2 is 2.06 bits per heavy atom. The third-order valence-corrected chi connectivity index (χ3v) is 2.87. The van der Waals surface area contributed by atoms with Gasteiger partial charge >= 0.3 is 5.69 Å². The molecule has 1 atom stereocenters. The van der Waals surface area contributed by atoms with Crippen molar-refractivity contribution in [2.75, 3.05) is 6.54 Å². The first-order valence-corrected chi connectivity index (χ1v) is 5.32. The van der Waals surface area contributed by atoms with Crippen molar-refractivity contribution in [2.45, 2.75) is 5.92 Å². The molecule has 2 aromatic rings. The van der Waals surface area contributed by atoms with E-state index in [4.69, 9.17) is 0 Å². The smallest absolute Gasteiger partial charge is 0.306 e. The van der Waals surface area contributed by atoms with Gasteiger partial charge in [0, 0.05) is 18.7 Å². The summed E-state index contributed by atoms with van der Waals surface area (Å²) in [5, 5.41) is 0. The van der Waals surface area contributed by atoms with Crippen LogP contribution in [-0.4, -0.2) is 22.7 Å². The van der Waals surface area contributed by atoms with E-state index in [1.54, 1.807) is 18.4 Å². The van der Waals surface area contributed by atoms with Gasteiger partial charge in [0.1, 0.15) is 5.82 Å². The molecule has 1 aliphatic heterocycles. The van der Waals surface area contributed by atoms with Crippen LogP contribution in [0.2, 0.25) is 0 Å². The number of hydrogen-bond acceptors (Lipinski definition) is 2. The largest absolute Gasteiger partial charge is 0.323 e. The lowest BCUT2D eigenvalue weighted by molar-refractivity contribution is 0.602. The maximum absolute atomic E-state index is 13.9. The summed E-state index contributed by atoms with van der Waals surface area (Å²) in [7, 11) is 0. The van der Waals surface area contributed by atoms with Crippen LogP contribution in [0, 0.1) is 5.82 Å². The van der Waals surface area contributed by atoms with Crippen LogP contribution in [-0.2, 0) is 0 Å². The lowest BCUT2D eigenvalue weighted by Crippen LogP contribution is -2.05. The average Bonchev–Trinajstić information content (AvgIpc) is 2.68. The predicted octanol–water partition coefficient (Wildman–Crippen LogP) is 1.72. The first-order chi connectivity index (χ1) is 8.24. The van der Waals surface area contributed by atoms with E-state index in [0.717, 1.165) is 0 Å². The Hall–Kier alpha value is -2.17. The molecule has 0 saturated heterocycles. The zero-order chi connectivity index (χ0) is 11.8. The Morgan fingerprint density at radius 1 is 1.29 bits per heavy atom. The Balaban J connectivity index is 2.15. The molecular weight excluding hydrogens is 221 g/mol. The predicted molar refractivity (Wildman–Crippen MR) is 64.1 cm³/mol. The molecule has 0 spiro atoms. The molecule has 0 fully saturated rings. The van der Waals surface area contributed by atoms with E-state index < -0.39 is 0 Å². The van der Waals surface area contributed by atoms with Crippen LogP contribution in [0.15, 0.2) is 34.1 Å². The van der Waals surface area contributed by atoms with Crippen molar-refractivity contribution in [3.05, 3.63) is 46.1 Å². The second kappa shape index (κ2) is 3.69. The van der Waals surface area contributed by atoms with Crippen LogP contribution in [0.1, 0.15) is 11.5 Å². The summed E-state index contributed by atoms with van der Waals surface area (Å²) in [6.45, 7) is 0.535. The average molecular weight is 231 g/mol. The molecule has 4 nitrogen and oxygen atoms in total. The number of aromatic nitrogens is 2. The normalized spacial score (nSPS) is 19.0. The molecule has 0 saturated carbocycles. The van der Waals surface area contributed by atoms with Gasteiger partial charge in [-0.25, -0.2) is 9.18 Å². The highest BCUT2D eigenvalue weighted by molar-refractivity contribution is 5.76. The minimum absolute atomic E-state index is 0.0668. The van der Waals surface area contributed by atoms with Gasteiger partial charge in [0.25, 0.3) is 0 Å². The third-order valence-electron chi connectivity index (χ3n) is 2.87. The number of aliphatic imine (C=N–C) groups is 1. The quantitative estimate of drug-likeness (QED) is 0.771. The van der Waals surface area contributed by atoms with E-state index in [2.05, 4.69) is 15.0 Å². The van der Waals surface area contributed by atoms with Crippen molar-refractivity contribution < 1.29 is 4.39 Å². The van der Waals surface area contributed by atoms with Gasteiger partial charge in [0.05, 0.1) is 11.0 Å². The molecule has 86 valence electrons. The molecule has 17 heavy (non-hydrogen) atoms. The number of hydrogen-bond donors (Lipinski definition) is 2. The fourth-order valence-corrected chi connectivity index (χ4v) is 2.04. The van der Waals surface area contributed by atoms with Crippen molar-refractivity contribution >= 4 is 17.2 Å². The van der Waals surface area contributed by atoms with Crippen molar-refractivity contribution in [3.8, 4) is 0 Å². The van der Waals surface area contributed by atoms with Crippen LogP contribution < -0.4 is 5.69 Å². The van der Waals surface area contributed by atoms with Gasteiger partial charge in [-0.05, 0) is 23.8 Å². The zero-order valence-electron chi connectivity index (χ0n) is 8.90. The highest BCUT2D eigenvalue weighted by Crippen LogP contribution is 2.25. The second-order valence-corrected chi connectivity index (χ2v) is 4.00. The van der Waals surface area contributed by atoms with Gasteiger partial charge in [-0.3, -0.25) is 4.99 Å². The number of aromatic amines is 2. The summed E-state index contributed by atoms with van der Waals surface area (Å²) in [5.74, 6) is -0.387. The number of halogens is 1. The van der Waals surface area contributed by atoms with E-state index in [1.165, 1.54) is 6.07 Å². The summed E-state index contributed by atoms with van der Waals surface area (Å²) in [5.41, 5.74) is 1.34. The first-order valence-electron chi connectivity index (χ1n) is 5.32. The Bertz CT molecular complexity index is 681. The number of imidazole rings is 1. The van der Waals surface area contributed by atoms with Gasteiger partial charge in [-0.15, -0.1) is 0 Å². The van der Waals surface area contributed by atoms with E-state index in [9.17, 15) is 9.18 Å². The maximum Gasteiger partial charge on any atom is 0.323 e. The Kier molecular flexibility index (Phi) is 2.18. The third kappa shape index (κ3) is 1.69. The van der Waals surface area contributed by atoms with Crippen LogP contribution in [0.25, 0.3) is 11.0 Å². The number of dihydropyridines is 1. The summed E-state index contributed by atoms with van der Waals surface area (Å²) >= 11 is 0. The van der Waals surface area contributed by atoms with Gasteiger partial charge in [0.15, 0.2) is 0 Å². The van der Waals surface area contributed by atoms with E-state index in [-0.39, 0.29) is 17.4 Å². The maximum atomic E-state index is 13.9. The number of nitrogens with zero attached hydrogens (tertiary/aromatic N) is 1. The molecule has 1 aromatic carbocycles. The lowest BCUT2D eigenvalue weighted by atomic mass is 9.96. The minimum atomic E-state index is -0.325. The molecule has 1 unspecified atom stereocenters. The van der Waals surface area contributed by atoms with Crippen LogP contribution in [0.3, 0.4) is 0 Å². The van der Waals surface area contributed by atoms with Gasteiger partial charge < -0.3 is 9.97 Å². The molecule has 1 aromatic heterocycles. The Morgan fingerprint density at radius 3 is 2.76 bits per heavy atom. The number of fused-ring (bicyclic) bond motifs is 1. The fourth-order valence-electron chi connectivity index (χ4n) is 2.04. The summed E-state index contributed by atoms with van der Waals surface area (Å²) < 4.78 is 13.9. The monoisotopic (exact) mass is 231 g/mol. The van der Waals surface area contributed by atoms with Crippen LogP contribution >= 0.6 is 0 Å². The first kappa shape index (κ1) is 10.0. The molecule has 5 heteroatoms. The van der Waals surface area contributed by atoms with Gasteiger partial charge in [-0.2, -0.15) is 0 Å². The molecule has 0 aliphatic carbocycles. The lowest BCUT2D eigenvalue weighted by Gasteiger charge is -2.13.